The van der Waals surface area contributed by atoms with Crippen LogP contribution in [0.15, 0.2) is 53.6 Å². The Morgan fingerprint density at radius 2 is 1.88 bits per heavy atom. The quantitative estimate of drug-likeness (QED) is 0.554. The van der Waals surface area contributed by atoms with Crippen LogP contribution < -0.4 is 5.32 Å². The fourth-order valence-corrected chi connectivity index (χ4v) is 5.05. The number of carbonyl (C=O) groups is 2. The van der Waals surface area contributed by atoms with E-state index in [0.29, 0.717) is 25.2 Å². The van der Waals surface area contributed by atoms with E-state index in [4.69, 9.17) is 0 Å². The molecule has 1 aromatic heterocycles. The summed E-state index contributed by atoms with van der Waals surface area (Å²) in [4.78, 5) is 33.4. The van der Waals surface area contributed by atoms with E-state index in [-0.39, 0.29) is 11.8 Å². The van der Waals surface area contributed by atoms with E-state index in [1.807, 2.05) is 80.6 Å². The van der Waals surface area contributed by atoms with Gasteiger partial charge in [-0.2, -0.15) is 0 Å². The number of aromatic nitrogens is 1. The molecule has 5 nitrogen and oxygen atoms in total. The van der Waals surface area contributed by atoms with Crippen LogP contribution in [0.25, 0.3) is 0 Å². The van der Waals surface area contributed by atoms with Crippen molar-refractivity contribution in [1.82, 2.24) is 15.2 Å². The van der Waals surface area contributed by atoms with E-state index in [1.165, 1.54) is 5.56 Å². The second-order valence-corrected chi connectivity index (χ2v) is 9.35. The van der Waals surface area contributed by atoms with Gasteiger partial charge < -0.3 is 10.2 Å². The number of thioether (sulfide) groups is 1. The van der Waals surface area contributed by atoms with Crippen molar-refractivity contribution in [3.8, 4) is 0 Å². The molecule has 2 heterocycles. The van der Waals surface area contributed by atoms with Crippen molar-refractivity contribution in [3.05, 3.63) is 93.3 Å². The predicted molar refractivity (Wildman–Crippen MR) is 133 cm³/mol. The summed E-state index contributed by atoms with van der Waals surface area (Å²) in [6.45, 7) is 7.61. The normalized spacial score (nSPS) is 12.9. The SMILES string of the molecule is CSc1ccccc1C(=O)NCc1c(C)ncc2c1CCN(C(=O)c1ccc(C)cc1C)C2. The fourth-order valence-electron chi connectivity index (χ4n) is 4.45. The Kier molecular flexibility index (Phi) is 6.84. The molecule has 0 spiro atoms. The molecule has 0 radical (unpaired) electrons. The van der Waals surface area contributed by atoms with Gasteiger partial charge in [-0.15, -0.1) is 11.8 Å². The molecule has 0 aliphatic carbocycles. The highest BCUT2D eigenvalue weighted by Crippen LogP contribution is 2.26. The number of rotatable bonds is 5. The molecular formula is C27H29N3O2S. The summed E-state index contributed by atoms with van der Waals surface area (Å²) in [6.07, 6.45) is 4.60. The maximum Gasteiger partial charge on any atom is 0.254 e. The molecule has 170 valence electrons. The molecule has 6 heteroatoms. The van der Waals surface area contributed by atoms with Crippen molar-refractivity contribution in [1.29, 1.82) is 0 Å². The van der Waals surface area contributed by atoms with Gasteiger partial charge in [0.15, 0.2) is 0 Å². The minimum Gasteiger partial charge on any atom is -0.348 e. The molecule has 1 N–H and O–H groups in total. The lowest BCUT2D eigenvalue weighted by Gasteiger charge is -2.31. The molecule has 1 aliphatic heterocycles. The lowest BCUT2D eigenvalue weighted by atomic mass is 9.94. The van der Waals surface area contributed by atoms with E-state index in [2.05, 4.69) is 10.3 Å². The maximum absolute atomic E-state index is 13.2. The summed E-state index contributed by atoms with van der Waals surface area (Å²) in [7, 11) is 0. The number of hydrogen-bond donors (Lipinski definition) is 1. The Morgan fingerprint density at radius 3 is 2.64 bits per heavy atom. The second kappa shape index (κ2) is 9.79. The number of benzene rings is 2. The number of carbonyl (C=O) groups excluding carboxylic acids is 2. The van der Waals surface area contributed by atoms with Gasteiger partial charge in [-0.25, -0.2) is 0 Å². The standard InChI is InChI=1S/C27H29N3O2S/c1-17-9-10-21(18(2)13-17)27(32)30-12-11-22-20(16-30)14-28-19(3)24(22)15-29-26(31)23-7-5-6-8-25(23)33-4/h5-10,13-14H,11-12,15-16H2,1-4H3,(H,29,31). The maximum atomic E-state index is 13.2. The number of hydrogen-bond acceptors (Lipinski definition) is 4. The van der Waals surface area contributed by atoms with Crippen molar-refractivity contribution >= 4 is 23.6 Å². The molecule has 2 aromatic carbocycles. The molecule has 4 rings (SSSR count). The summed E-state index contributed by atoms with van der Waals surface area (Å²) in [6, 6.07) is 13.6. The van der Waals surface area contributed by atoms with Crippen LogP contribution in [0.1, 0.15) is 54.2 Å². The zero-order chi connectivity index (χ0) is 23.5. The van der Waals surface area contributed by atoms with Gasteiger partial charge in [0.05, 0.1) is 5.56 Å². The Hall–Kier alpha value is -3.12. The van der Waals surface area contributed by atoms with Gasteiger partial charge in [0.2, 0.25) is 0 Å². The number of fused-ring (bicyclic) bond motifs is 1. The van der Waals surface area contributed by atoms with Crippen LogP contribution in [0, 0.1) is 20.8 Å². The largest absolute Gasteiger partial charge is 0.348 e. The fraction of sp³-hybridized carbons (Fsp3) is 0.296. The Bertz CT molecular complexity index is 1220. The summed E-state index contributed by atoms with van der Waals surface area (Å²) in [5, 5.41) is 3.08. The smallest absolute Gasteiger partial charge is 0.254 e. The Labute approximate surface area is 199 Å². The highest BCUT2D eigenvalue weighted by Gasteiger charge is 2.25. The second-order valence-electron chi connectivity index (χ2n) is 8.50. The first-order chi connectivity index (χ1) is 15.9. The van der Waals surface area contributed by atoms with E-state index in [1.54, 1.807) is 11.8 Å². The highest BCUT2D eigenvalue weighted by molar-refractivity contribution is 7.98. The minimum absolute atomic E-state index is 0.0576. The first-order valence-corrected chi connectivity index (χ1v) is 12.4. The summed E-state index contributed by atoms with van der Waals surface area (Å²) in [5.74, 6) is -0.0262. The van der Waals surface area contributed by atoms with E-state index >= 15 is 0 Å². The number of aryl methyl sites for hydroxylation is 3. The first kappa shape index (κ1) is 23.1. The molecule has 33 heavy (non-hydrogen) atoms. The third-order valence-electron chi connectivity index (χ3n) is 6.27. The predicted octanol–water partition coefficient (Wildman–Crippen LogP) is 4.86. The van der Waals surface area contributed by atoms with Gasteiger partial charge in [-0.05, 0) is 73.9 Å². The molecule has 0 bridgehead atoms. The first-order valence-electron chi connectivity index (χ1n) is 11.1. The van der Waals surface area contributed by atoms with Crippen LogP contribution in [0.5, 0.6) is 0 Å². The lowest BCUT2D eigenvalue weighted by molar-refractivity contribution is 0.0733. The molecule has 0 atom stereocenters. The van der Waals surface area contributed by atoms with Crippen molar-refractivity contribution in [2.45, 2.75) is 45.2 Å². The summed E-state index contributed by atoms with van der Waals surface area (Å²) >= 11 is 1.56. The van der Waals surface area contributed by atoms with Crippen LogP contribution in [-0.2, 0) is 19.5 Å². The lowest BCUT2D eigenvalue weighted by Crippen LogP contribution is -2.37. The number of nitrogens with zero attached hydrogens (tertiary/aromatic N) is 2. The van der Waals surface area contributed by atoms with Crippen molar-refractivity contribution < 1.29 is 9.59 Å². The van der Waals surface area contributed by atoms with Gasteiger partial charge in [-0.3, -0.25) is 14.6 Å². The summed E-state index contributed by atoms with van der Waals surface area (Å²) in [5.41, 5.74) is 7.82. The van der Waals surface area contributed by atoms with E-state index in [9.17, 15) is 9.59 Å². The van der Waals surface area contributed by atoms with Gasteiger partial charge in [0.1, 0.15) is 0 Å². The van der Waals surface area contributed by atoms with Gasteiger partial charge in [-0.1, -0.05) is 29.8 Å². The molecule has 0 unspecified atom stereocenters. The molecule has 2 amide bonds. The molecule has 3 aromatic rings. The minimum atomic E-state index is -0.0839. The monoisotopic (exact) mass is 459 g/mol. The van der Waals surface area contributed by atoms with E-state index in [0.717, 1.165) is 44.8 Å². The highest BCUT2D eigenvalue weighted by atomic mass is 32.2. The molecular weight excluding hydrogens is 430 g/mol. The molecule has 0 fully saturated rings. The van der Waals surface area contributed by atoms with Crippen LogP contribution in [-0.4, -0.2) is 34.5 Å². The average Bonchev–Trinajstić information content (AvgIpc) is 2.82. The number of pyridine rings is 1. The van der Waals surface area contributed by atoms with Gasteiger partial charge in [0, 0.05) is 42.0 Å². The van der Waals surface area contributed by atoms with Crippen LogP contribution >= 0.6 is 11.8 Å². The zero-order valence-electron chi connectivity index (χ0n) is 19.6. The third kappa shape index (κ3) is 4.81. The number of nitrogens with one attached hydrogen (secondary N) is 1. The summed E-state index contributed by atoms with van der Waals surface area (Å²) < 4.78 is 0. The van der Waals surface area contributed by atoms with E-state index < -0.39 is 0 Å². The van der Waals surface area contributed by atoms with Crippen molar-refractivity contribution in [3.63, 3.8) is 0 Å². The van der Waals surface area contributed by atoms with Crippen molar-refractivity contribution in [2.24, 2.45) is 0 Å². The van der Waals surface area contributed by atoms with Gasteiger partial charge in [0.25, 0.3) is 11.8 Å². The van der Waals surface area contributed by atoms with Crippen molar-refractivity contribution in [2.75, 3.05) is 12.8 Å². The molecule has 0 saturated heterocycles. The van der Waals surface area contributed by atoms with Crippen LogP contribution in [0.3, 0.4) is 0 Å². The van der Waals surface area contributed by atoms with Crippen LogP contribution in [0.4, 0.5) is 0 Å². The number of amides is 2. The molecule has 1 aliphatic rings. The third-order valence-corrected chi connectivity index (χ3v) is 7.07. The Morgan fingerprint density at radius 1 is 1.09 bits per heavy atom. The molecule has 0 saturated carbocycles. The zero-order valence-corrected chi connectivity index (χ0v) is 20.4. The Balaban J connectivity index is 1.52. The topological polar surface area (TPSA) is 62.3 Å². The van der Waals surface area contributed by atoms with Crippen LogP contribution in [0.2, 0.25) is 0 Å². The average molecular weight is 460 g/mol. The van der Waals surface area contributed by atoms with Gasteiger partial charge >= 0.3 is 0 Å².